The van der Waals surface area contributed by atoms with Crippen molar-refractivity contribution in [2.75, 3.05) is 0 Å². The highest BCUT2D eigenvalue weighted by Crippen LogP contribution is 2.28. The van der Waals surface area contributed by atoms with E-state index in [0.717, 1.165) is 27.6 Å². The van der Waals surface area contributed by atoms with Crippen molar-refractivity contribution in [2.24, 2.45) is 0 Å². The third kappa shape index (κ3) is 2.96. The third-order valence-electron chi connectivity index (χ3n) is 4.77. The lowest BCUT2D eigenvalue weighted by molar-refractivity contribution is 0.573. The first-order valence-electron chi connectivity index (χ1n) is 9.07. The van der Waals surface area contributed by atoms with Crippen LogP contribution < -0.4 is 0 Å². The van der Waals surface area contributed by atoms with Crippen LogP contribution in [0.3, 0.4) is 0 Å². The summed E-state index contributed by atoms with van der Waals surface area (Å²) in [6.45, 7) is 4.17. The second-order valence-corrected chi connectivity index (χ2v) is 7.76. The van der Waals surface area contributed by atoms with Crippen molar-refractivity contribution in [3.63, 3.8) is 0 Å². The van der Waals surface area contributed by atoms with Crippen LogP contribution in [0.15, 0.2) is 70.4 Å². The van der Waals surface area contributed by atoms with E-state index in [0.29, 0.717) is 11.6 Å². The molecule has 0 radical (unpaired) electrons. The molecular weight excluding hydrogens is 368 g/mol. The number of nitrogens with zero attached hydrogens (tertiary/aromatic N) is 4. The number of thioether (sulfide) groups is 1. The van der Waals surface area contributed by atoms with Gasteiger partial charge in [-0.1, -0.05) is 47.7 Å². The van der Waals surface area contributed by atoms with Crippen molar-refractivity contribution < 1.29 is 4.42 Å². The smallest absolute Gasteiger partial charge is 0.226 e. The number of aromatic nitrogens is 4. The average molecular weight is 386 g/mol. The van der Waals surface area contributed by atoms with Gasteiger partial charge in [-0.15, -0.1) is 10.2 Å². The highest BCUT2D eigenvalue weighted by atomic mass is 32.2. The van der Waals surface area contributed by atoms with E-state index < -0.39 is 0 Å². The van der Waals surface area contributed by atoms with Gasteiger partial charge in [0, 0.05) is 16.7 Å². The molecule has 5 nitrogen and oxygen atoms in total. The molecular formula is C22H18N4OS. The van der Waals surface area contributed by atoms with Crippen molar-refractivity contribution in [2.45, 2.75) is 24.8 Å². The van der Waals surface area contributed by atoms with E-state index in [-0.39, 0.29) is 0 Å². The van der Waals surface area contributed by atoms with Crippen LogP contribution in [0.1, 0.15) is 16.8 Å². The fraction of sp³-hybridized carbons (Fsp3) is 0.136. The second kappa shape index (κ2) is 6.80. The van der Waals surface area contributed by atoms with Gasteiger partial charge < -0.3 is 4.42 Å². The molecule has 0 saturated carbocycles. The lowest BCUT2D eigenvalue weighted by atomic mass is 10.1. The van der Waals surface area contributed by atoms with Crippen molar-refractivity contribution in [3.05, 3.63) is 77.7 Å². The summed E-state index contributed by atoms with van der Waals surface area (Å²) in [5, 5.41) is 10.8. The predicted molar refractivity (Wildman–Crippen MR) is 111 cm³/mol. The van der Waals surface area contributed by atoms with E-state index in [4.69, 9.17) is 4.42 Å². The lowest BCUT2D eigenvalue weighted by Crippen LogP contribution is -1.93. The minimum atomic E-state index is 0.641. The summed E-state index contributed by atoms with van der Waals surface area (Å²) < 4.78 is 7.77. The maximum Gasteiger partial charge on any atom is 0.226 e. The summed E-state index contributed by atoms with van der Waals surface area (Å²) in [4.78, 5) is 4.62. The minimum Gasteiger partial charge on any atom is -0.444 e. The molecule has 138 valence electrons. The van der Waals surface area contributed by atoms with E-state index in [9.17, 15) is 0 Å². The van der Waals surface area contributed by atoms with Gasteiger partial charge >= 0.3 is 0 Å². The number of rotatable bonds is 4. The van der Waals surface area contributed by atoms with Crippen molar-refractivity contribution in [3.8, 4) is 11.5 Å². The number of pyridine rings is 1. The van der Waals surface area contributed by atoms with Gasteiger partial charge in [-0.25, -0.2) is 4.98 Å². The highest BCUT2D eigenvalue weighted by Gasteiger charge is 2.13. The number of benzene rings is 2. The molecule has 0 spiro atoms. The summed E-state index contributed by atoms with van der Waals surface area (Å²) in [6, 6.07) is 18.6. The zero-order chi connectivity index (χ0) is 19.1. The molecule has 0 amide bonds. The van der Waals surface area contributed by atoms with Crippen LogP contribution in [0.5, 0.6) is 0 Å². The van der Waals surface area contributed by atoms with Crippen LogP contribution in [0.4, 0.5) is 0 Å². The molecule has 3 heterocycles. The molecule has 0 saturated heterocycles. The Morgan fingerprint density at radius 2 is 1.82 bits per heavy atom. The Labute approximate surface area is 166 Å². The van der Waals surface area contributed by atoms with Crippen LogP contribution in [-0.4, -0.2) is 19.6 Å². The average Bonchev–Trinajstić information content (AvgIpc) is 3.34. The topological polar surface area (TPSA) is 56.2 Å². The van der Waals surface area contributed by atoms with Crippen LogP contribution in [0, 0.1) is 13.8 Å². The van der Waals surface area contributed by atoms with E-state index >= 15 is 0 Å². The Morgan fingerprint density at radius 1 is 1.00 bits per heavy atom. The Bertz CT molecular complexity index is 1290. The monoisotopic (exact) mass is 386 g/mol. The Kier molecular flexibility index (Phi) is 4.13. The zero-order valence-electron chi connectivity index (χ0n) is 15.6. The third-order valence-corrected chi connectivity index (χ3v) is 5.74. The fourth-order valence-electron chi connectivity index (χ4n) is 3.31. The van der Waals surface area contributed by atoms with Gasteiger partial charge in [-0.3, -0.25) is 4.40 Å². The first-order valence-corrected chi connectivity index (χ1v) is 10.1. The molecule has 5 aromatic rings. The number of hydrogen-bond acceptors (Lipinski definition) is 5. The van der Waals surface area contributed by atoms with Gasteiger partial charge in [-0.2, -0.15) is 0 Å². The second-order valence-electron chi connectivity index (χ2n) is 6.82. The molecule has 0 aliphatic heterocycles. The molecule has 2 aromatic carbocycles. The molecule has 0 unspecified atom stereocenters. The normalized spacial score (nSPS) is 11.5. The predicted octanol–water partition coefficient (Wildman–Crippen LogP) is 5.45. The highest BCUT2D eigenvalue weighted by molar-refractivity contribution is 7.98. The SMILES string of the molecule is Cc1ccc(-c2nc(CSc3nnc4cc(C)c5ccccc5n34)co2)cc1. The zero-order valence-corrected chi connectivity index (χ0v) is 16.4. The van der Waals surface area contributed by atoms with Gasteiger partial charge in [0.1, 0.15) is 6.26 Å². The van der Waals surface area contributed by atoms with Crippen LogP contribution >= 0.6 is 11.8 Å². The molecule has 28 heavy (non-hydrogen) atoms. The molecule has 3 aromatic heterocycles. The summed E-state index contributed by atoms with van der Waals surface area (Å²) in [6.07, 6.45) is 1.72. The standard InChI is InChI=1S/C22H18N4OS/c1-14-7-9-16(10-8-14)21-23-17(12-27-21)13-28-22-25-24-20-11-15(2)18-5-3-4-6-19(18)26(20)22/h3-12H,13H2,1-2H3. The van der Waals surface area contributed by atoms with E-state index in [1.165, 1.54) is 16.5 Å². The van der Waals surface area contributed by atoms with Crippen molar-refractivity contribution in [1.82, 2.24) is 19.6 Å². The molecule has 0 aliphatic carbocycles. The van der Waals surface area contributed by atoms with Gasteiger partial charge in [0.25, 0.3) is 0 Å². The van der Waals surface area contributed by atoms with Gasteiger partial charge in [0.2, 0.25) is 5.89 Å². The lowest BCUT2D eigenvalue weighted by Gasteiger charge is -2.06. The summed E-state index contributed by atoms with van der Waals surface area (Å²) in [5.74, 6) is 1.31. The van der Waals surface area contributed by atoms with Gasteiger partial charge in [0.15, 0.2) is 10.8 Å². The molecule has 0 fully saturated rings. The molecule has 6 heteroatoms. The fourth-order valence-corrected chi connectivity index (χ4v) is 4.14. The largest absolute Gasteiger partial charge is 0.444 e. The molecule has 0 atom stereocenters. The van der Waals surface area contributed by atoms with Crippen LogP contribution in [0.2, 0.25) is 0 Å². The minimum absolute atomic E-state index is 0.641. The summed E-state index contributed by atoms with van der Waals surface area (Å²) in [5.41, 5.74) is 6.26. The van der Waals surface area contributed by atoms with Crippen molar-refractivity contribution in [1.29, 1.82) is 0 Å². The number of oxazole rings is 1. The first kappa shape index (κ1) is 17.0. The maximum absolute atomic E-state index is 5.67. The molecule has 5 rings (SSSR count). The van der Waals surface area contributed by atoms with Gasteiger partial charge in [0.05, 0.1) is 11.2 Å². The first-order chi connectivity index (χ1) is 13.7. The van der Waals surface area contributed by atoms with E-state index in [1.54, 1.807) is 18.0 Å². The van der Waals surface area contributed by atoms with Crippen molar-refractivity contribution >= 4 is 28.3 Å². The number of hydrogen-bond donors (Lipinski definition) is 0. The Morgan fingerprint density at radius 3 is 2.68 bits per heavy atom. The number of aryl methyl sites for hydroxylation is 2. The Balaban J connectivity index is 1.44. The molecule has 0 N–H and O–H groups in total. The molecule has 0 aliphatic rings. The van der Waals surface area contributed by atoms with Gasteiger partial charge in [-0.05, 0) is 43.7 Å². The maximum atomic E-state index is 5.67. The Hall–Kier alpha value is -3.12. The summed E-state index contributed by atoms with van der Waals surface area (Å²) >= 11 is 1.61. The summed E-state index contributed by atoms with van der Waals surface area (Å²) in [7, 11) is 0. The van der Waals surface area contributed by atoms with E-state index in [2.05, 4.69) is 69.8 Å². The van der Waals surface area contributed by atoms with Crippen LogP contribution in [-0.2, 0) is 5.75 Å². The van der Waals surface area contributed by atoms with Crippen LogP contribution in [0.25, 0.3) is 28.0 Å². The number of para-hydroxylation sites is 1. The number of fused-ring (bicyclic) bond motifs is 3. The quantitative estimate of drug-likeness (QED) is 0.385. The van der Waals surface area contributed by atoms with E-state index in [1.807, 2.05) is 18.2 Å². The molecule has 0 bridgehead atoms.